The molecule has 2 N–H and O–H groups in total. The highest BCUT2D eigenvalue weighted by Gasteiger charge is 2.03. The highest BCUT2D eigenvalue weighted by molar-refractivity contribution is 5.88. The molecule has 106 valence electrons. The molecule has 0 bridgehead atoms. The molecule has 0 saturated carbocycles. The van der Waals surface area contributed by atoms with E-state index in [0.29, 0.717) is 6.42 Å². The van der Waals surface area contributed by atoms with Crippen molar-refractivity contribution in [3.05, 3.63) is 36.5 Å². The third-order valence-electron chi connectivity index (χ3n) is 1.83. The van der Waals surface area contributed by atoms with Crippen LogP contribution in [0.4, 0.5) is 0 Å². The average Bonchev–Trinajstić information content (AvgIpc) is 2.36. The van der Waals surface area contributed by atoms with Gasteiger partial charge in [-0.2, -0.15) is 0 Å². The Labute approximate surface area is 111 Å². The third-order valence-corrected chi connectivity index (χ3v) is 1.83. The number of ether oxygens (including phenoxy) is 1. The van der Waals surface area contributed by atoms with Gasteiger partial charge in [-0.25, -0.2) is 14.4 Å². The lowest BCUT2D eigenvalue weighted by molar-refractivity contribution is -0.136. The van der Waals surface area contributed by atoms with E-state index in [9.17, 15) is 14.4 Å². The Morgan fingerprint density at radius 3 is 1.95 bits per heavy atom. The molecular formula is C13H18O6. The number of allylic oxidation sites excluding steroid dienone is 1. The first-order chi connectivity index (χ1) is 8.76. The molecule has 0 heterocycles. The predicted molar refractivity (Wildman–Crippen MR) is 69.6 cm³/mol. The molecule has 0 rings (SSSR count). The van der Waals surface area contributed by atoms with Crippen molar-refractivity contribution >= 4 is 17.9 Å². The normalized spacial score (nSPS) is 9.16. The van der Waals surface area contributed by atoms with Crippen molar-refractivity contribution in [3.8, 4) is 0 Å². The van der Waals surface area contributed by atoms with Crippen LogP contribution in [0.1, 0.15) is 19.8 Å². The van der Waals surface area contributed by atoms with Gasteiger partial charge in [-0.05, 0) is 12.8 Å². The Hall–Kier alpha value is -2.37. The molecule has 0 atom stereocenters. The lowest BCUT2D eigenvalue weighted by Gasteiger charge is -1.97. The zero-order chi connectivity index (χ0) is 15.4. The fourth-order valence-electron chi connectivity index (χ4n) is 0.681. The summed E-state index contributed by atoms with van der Waals surface area (Å²) in [7, 11) is 1.24. The number of carbonyl (C=O) groups excluding carboxylic acids is 1. The maximum absolute atomic E-state index is 10.7. The molecule has 0 amide bonds. The second-order valence-electron chi connectivity index (χ2n) is 3.30. The second kappa shape index (κ2) is 10.8. The second-order valence-corrected chi connectivity index (χ2v) is 3.30. The smallest absolute Gasteiger partial charge is 0.333 e. The third kappa shape index (κ3) is 11.9. The number of rotatable bonds is 6. The van der Waals surface area contributed by atoms with E-state index in [0.717, 1.165) is 6.08 Å². The van der Waals surface area contributed by atoms with Crippen LogP contribution in [0.2, 0.25) is 0 Å². The van der Waals surface area contributed by atoms with E-state index < -0.39 is 17.9 Å². The molecule has 6 nitrogen and oxygen atoms in total. The molecule has 0 aliphatic heterocycles. The van der Waals surface area contributed by atoms with Crippen molar-refractivity contribution in [3.63, 3.8) is 0 Å². The summed E-state index contributed by atoms with van der Waals surface area (Å²) < 4.78 is 4.35. The molecule has 0 aliphatic carbocycles. The summed E-state index contributed by atoms with van der Waals surface area (Å²) in [5, 5.41) is 16.3. The summed E-state index contributed by atoms with van der Waals surface area (Å²) in [6.45, 7) is 8.44. The van der Waals surface area contributed by atoms with Gasteiger partial charge in [0.15, 0.2) is 0 Å². The number of esters is 1. The molecule has 0 saturated heterocycles. The minimum absolute atomic E-state index is 0.193. The number of carbonyl (C=O) groups is 3. The number of carboxylic acids is 2. The largest absolute Gasteiger partial charge is 0.478 e. The van der Waals surface area contributed by atoms with Crippen molar-refractivity contribution in [2.75, 3.05) is 7.11 Å². The van der Waals surface area contributed by atoms with E-state index in [-0.39, 0.29) is 17.6 Å². The Balaban J connectivity index is 0. The number of aliphatic carboxylic acids is 2. The Morgan fingerprint density at radius 1 is 1.16 bits per heavy atom. The van der Waals surface area contributed by atoms with E-state index in [1.807, 2.05) is 0 Å². The van der Waals surface area contributed by atoms with Crippen LogP contribution in [0.5, 0.6) is 0 Å². The van der Waals surface area contributed by atoms with Gasteiger partial charge in [0.2, 0.25) is 0 Å². The zero-order valence-electron chi connectivity index (χ0n) is 11.0. The fourth-order valence-corrected chi connectivity index (χ4v) is 0.681. The van der Waals surface area contributed by atoms with E-state index in [2.05, 4.69) is 17.9 Å². The number of methoxy groups -OCH3 is 1. The van der Waals surface area contributed by atoms with E-state index in [4.69, 9.17) is 10.2 Å². The Bertz CT molecular complexity index is 392. The summed E-state index contributed by atoms with van der Waals surface area (Å²) in [5.74, 6) is -2.47. The molecule has 0 unspecified atom stereocenters. The minimum atomic E-state index is -1.05. The molecule has 0 aliphatic rings. The number of hydrogen-bond donors (Lipinski definition) is 2. The van der Waals surface area contributed by atoms with Crippen molar-refractivity contribution in [1.29, 1.82) is 0 Å². The summed E-state index contributed by atoms with van der Waals surface area (Å²) in [4.78, 5) is 30.5. The minimum Gasteiger partial charge on any atom is -0.478 e. The van der Waals surface area contributed by atoms with Crippen LogP contribution in [0.3, 0.4) is 0 Å². The topological polar surface area (TPSA) is 101 Å². The molecular weight excluding hydrogens is 252 g/mol. The Morgan fingerprint density at radius 2 is 1.68 bits per heavy atom. The predicted octanol–water partition coefficient (Wildman–Crippen LogP) is 1.78. The number of carboxylic acid groups (broad SMARTS) is 2. The first-order valence-electron chi connectivity index (χ1n) is 5.32. The molecule has 0 aromatic heterocycles. The van der Waals surface area contributed by atoms with E-state index in [1.54, 1.807) is 6.92 Å². The van der Waals surface area contributed by atoms with E-state index >= 15 is 0 Å². The highest BCUT2D eigenvalue weighted by atomic mass is 16.5. The van der Waals surface area contributed by atoms with Crippen molar-refractivity contribution in [2.24, 2.45) is 0 Å². The average molecular weight is 270 g/mol. The lowest BCUT2D eigenvalue weighted by Crippen LogP contribution is -2.02. The molecule has 0 fully saturated rings. The highest BCUT2D eigenvalue weighted by Crippen LogP contribution is 2.00. The summed E-state index contributed by atoms with van der Waals surface area (Å²) in [5.41, 5.74) is 0.495. The Kier molecular flexibility index (Phi) is 10.8. The van der Waals surface area contributed by atoms with E-state index in [1.165, 1.54) is 13.2 Å². The summed E-state index contributed by atoms with van der Waals surface area (Å²) in [6, 6.07) is 0. The first kappa shape index (κ1) is 19.0. The maximum Gasteiger partial charge on any atom is 0.333 e. The van der Waals surface area contributed by atoms with Gasteiger partial charge >= 0.3 is 17.9 Å². The molecule has 6 heteroatoms. The van der Waals surface area contributed by atoms with Gasteiger partial charge in [0.05, 0.1) is 7.11 Å². The van der Waals surface area contributed by atoms with Crippen molar-refractivity contribution in [2.45, 2.75) is 19.8 Å². The van der Waals surface area contributed by atoms with Crippen LogP contribution in [-0.2, 0) is 19.1 Å². The van der Waals surface area contributed by atoms with Crippen LogP contribution in [-0.4, -0.2) is 35.2 Å². The van der Waals surface area contributed by atoms with Crippen molar-refractivity contribution in [1.82, 2.24) is 0 Å². The monoisotopic (exact) mass is 270 g/mol. The summed E-state index contributed by atoms with van der Waals surface area (Å²) in [6.07, 6.45) is 3.00. The number of hydrogen-bond acceptors (Lipinski definition) is 4. The van der Waals surface area contributed by atoms with Crippen LogP contribution in [0.25, 0.3) is 0 Å². The SMILES string of the molecule is C=C(CC)C(=O)O.C=C(CC=CC(=O)O)C(=O)OC. The standard InChI is InChI=1S/C8H10O4.C5H8O2/c1-6(8(11)12-2)4-3-5-7(9)10;1-3-4(2)5(6)7/h3,5H,1,4H2,2H3,(H,9,10);2-3H2,1H3,(H,6,7). The maximum atomic E-state index is 10.7. The molecule has 19 heavy (non-hydrogen) atoms. The van der Waals surface area contributed by atoms with Gasteiger partial charge in [-0.3, -0.25) is 0 Å². The molecule has 0 radical (unpaired) electrons. The van der Waals surface area contributed by atoms with Crippen LogP contribution in [0.15, 0.2) is 36.5 Å². The first-order valence-corrected chi connectivity index (χ1v) is 5.32. The zero-order valence-corrected chi connectivity index (χ0v) is 11.0. The molecule has 0 aromatic carbocycles. The lowest BCUT2D eigenvalue weighted by atomic mass is 10.2. The van der Waals surface area contributed by atoms with Gasteiger partial charge in [0.1, 0.15) is 0 Å². The molecule has 0 spiro atoms. The van der Waals surface area contributed by atoms with Gasteiger partial charge in [0.25, 0.3) is 0 Å². The van der Waals surface area contributed by atoms with Crippen LogP contribution in [0, 0.1) is 0 Å². The van der Waals surface area contributed by atoms with Crippen LogP contribution < -0.4 is 0 Å². The van der Waals surface area contributed by atoms with Gasteiger partial charge < -0.3 is 14.9 Å². The summed E-state index contributed by atoms with van der Waals surface area (Å²) >= 11 is 0. The van der Waals surface area contributed by atoms with Crippen LogP contribution >= 0.6 is 0 Å². The fraction of sp³-hybridized carbons (Fsp3) is 0.308. The quantitative estimate of drug-likeness (QED) is 0.563. The van der Waals surface area contributed by atoms with Gasteiger partial charge in [-0.1, -0.05) is 26.2 Å². The van der Waals surface area contributed by atoms with Gasteiger partial charge in [-0.15, -0.1) is 0 Å². The van der Waals surface area contributed by atoms with Gasteiger partial charge in [0, 0.05) is 17.2 Å². The van der Waals surface area contributed by atoms with Crippen molar-refractivity contribution < 1.29 is 29.3 Å². The molecule has 0 aromatic rings.